The maximum atomic E-state index is 10.7. The van der Waals surface area contributed by atoms with Crippen LogP contribution in [0.2, 0.25) is 0 Å². The first-order valence-corrected chi connectivity index (χ1v) is 6.93. The second kappa shape index (κ2) is 9.25. The van der Waals surface area contributed by atoms with E-state index in [9.17, 15) is 4.79 Å². The summed E-state index contributed by atoms with van der Waals surface area (Å²) in [5, 5.41) is 0. The van der Waals surface area contributed by atoms with Gasteiger partial charge in [0.1, 0.15) is 0 Å². The Morgan fingerprint density at radius 3 is 2.37 bits per heavy atom. The Morgan fingerprint density at radius 2 is 1.68 bits per heavy atom. The van der Waals surface area contributed by atoms with E-state index in [4.69, 9.17) is 15.2 Å². The van der Waals surface area contributed by atoms with Crippen molar-refractivity contribution in [2.45, 2.75) is 45.4 Å². The molecule has 0 bridgehead atoms. The zero-order valence-electron chi connectivity index (χ0n) is 11.6. The lowest BCUT2D eigenvalue weighted by atomic mass is 10.1. The molecule has 0 saturated heterocycles. The Morgan fingerprint density at radius 1 is 1.05 bits per heavy atom. The molecule has 4 nitrogen and oxygen atoms in total. The minimum absolute atomic E-state index is 0.376. The summed E-state index contributed by atoms with van der Waals surface area (Å²) in [5.41, 5.74) is 5.00. The molecule has 0 radical (unpaired) electrons. The Balaban J connectivity index is 2.26. The van der Waals surface area contributed by atoms with Gasteiger partial charge in [-0.05, 0) is 18.6 Å². The third-order valence-corrected chi connectivity index (χ3v) is 2.82. The molecule has 0 aliphatic rings. The molecule has 106 valence electrons. The van der Waals surface area contributed by atoms with Crippen LogP contribution in [0.25, 0.3) is 0 Å². The van der Waals surface area contributed by atoms with Gasteiger partial charge in [0, 0.05) is 0 Å². The van der Waals surface area contributed by atoms with Gasteiger partial charge >= 0.3 is 6.09 Å². The van der Waals surface area contributed by atoms with E-state index in [-0.39, 0.29) is 0 Å². The summed E-state index contributed by atoms with van der Waals surface area (Å²) >= 11 is 0. The number of unbranched alkanes of at least 4 members (excludes halogenated alkanes) is 5. The topological polar surface area (TPSA) is 61.6 Å². The van der Waals surface area contributed by atoms with Crippen molar-refractivity contribution in [3.63, 3.8) is 0 Å². The molecule has 0 fully saturated rings. The van der Waals surface area contributed by atoms with Crippen molar-refractivity contribution < 1.29 is 14.3 Å². The SMILES string of the molecule is CCCCCCCCOc1ccccc1OC(N)=O. The first-order valence-electron chi connectivity index (χ1n) is 6.93. The predicted octanol–water partition coefficient (Wildman–Crippen LogP) is 3.88. The van der Waals surface area contributed by atoms with Crippen molar-refractivity contribution in [1.82, 2.24) is 0 Å². The zero-order valence-corrected chi connectivity index (χ0v) is 11.6. The first kappa shape index (κ1) is 15.3. The van der Waals surface area contributed by atoms with E-state index in [1.807, 2.05) is 6.07 Å². The van der Waals surface area contributed by atoms with Crippen LogP contribution in [0.15, 0.2) is 24.3 Å². The maximum Gasteiger partial charge on any atom is 0.410 e. The molecule has 1 aromatic rings. The second-order valence-electron chi connectivity index (χ2n) is 4.48. The van der Waals surface area contributed by atoms with E-state index >= 15 is 0 Å². The van der Waals surface area contributed by atoms with Crippen LogP contribution >= 0.6 is 0 Å². The van der Waals surface area contributed by atoms with E-state index < -0.39 is 6.09 Å². The van der Waals surface area contributed by atoms with Crippen molar-refractivity contribution in [2.75, 3.05) is 6.61 Å². The minimum atomic E-state index is -0.824. The lowest BCUT2D eigenvalue weighted by Gasteiger charge is -2.10. The third kappa shape index (κ3) is 6.70. The molecule has 0 saturated carbocycles. The van der Waals surface area contributed by atoms with E-state index in [0.717, 1.165) is 6.42 Å². The van der Waals surface area contributed by atoms with Crippen LogP contribution in [-0.2, 0) is 0 Å². The number of ether oxygens (including phenoxy) is 2. The minimum Gasteiger partial charge on any atom is -0.490 e. The predicted molar refractivity (Wildman–Crippen MR) is 75.5 cm³/mol. The van der Waals surface area contributed by atoms with E-state index in [1.54, 1.807) is 18.2 Å². The first-order chi connectivity index (χ1) is 9.24. The van der Waals surface area contributed by atoms with Gasteiger partial charge in [0.05, 0.1) is 6.61 Å². The van der Waals surface area contributed by atoms with Crippen LogP contribution in [0.4, 0.5) is 4.79 Å². The van der Waals surface area contributed by atoms with Crippen molar-refractivity contribution in [2.24, 2.45) is 5.73 Å². The molecular formula is C15H23NO3. The molecule has 1 rings (SSSR count). The van der Waals surface area contributed by atoms with Crippen molar-refractivity contribution in [3.8, 4) is 11.5 Å². The summed E-state index contributed by atoms with van der Waals surface area (Å²) in [6.07, 6.45) is 6.45. The zero-order chi connectivity index (χ0) is 13.9. The highest BCUT2D eigenvalue weighted by atomic mass is 16.6. The Bertz CT molecular complexity index is 379. The normalized spacial score (nSPS) is 10.2. The Labute approximate surface area is 114 Å². The standard InChI is InChI=1S/C15H23NO3/c1-2-3-4-5-6-9-12-18-13-10-7-8-11-14(13)19-15(16)17/h7-8,10-11H,2-6,9,12H2,1H3,(H2,16,17). The van der Waals surface area contributed by atoms with Crippen LogP contribution in [0, 0.1) is 0 Å². The number of carbonyl (C=O) groups is 1. The highest BCUT2D eigenvalue weighted by Gasteiger charge is 2.06. The fraction of sp³-hybridized carbons (Fsp3) is 0.533. The van der Waals surface area contributed by atoms with Crippen molar-refractivity contribution in [1.29, 1.82) is 0 Å². The van der Waals surface area contributed by atoms with E-state index in [2.05, 4.69) is 6.92 Å². The van der Waals surface area contributed by atoms with Crippen LogP contribution in [0.1, 0.15) is 45.4 Å². The fourth-order valence-corrected chi connectivity index (χ4v) is 1.83. The van der Waals surface area contributed by atoms with Crippen LogP contribution in [-0.4, -0.2) is 12.7 Å². The van der Waals surface area contributed by atoms with Crippen molar-refractivity contribution >= 4 is 6.09 Å². The van der Waals surface area contributed by atoms with E-state index in [0.29, 0.717) is 18.1 Å². The number of primary amides is 1. The molecule has 0 aliphatic heterocycles. The fourth-order valence-electron chi connectivity index (χ4n) is 1.83. The second-order valence-corrected chi connectivity index (χ2v) is 4.48. The van der Waals surface area contributed by atoms with Gasteiger partial charge < -0.3 is 15.2 Å². The van der Waals surface area contributed by atoms with E-state index in [1.165, 1.54) is 32.1 Å². The monoisotopic (exact) mass is 265 g/mol. The average Bonchev–Trinajstić information content (AvgIpc) is 2.39. The van der Waals surface area contributed by atoms with Gasteiger partial charge in [-0.3, -0.25) is 0 Å². The number of benzene rings is 1. The molecule has 0 atom stereocenters. The highest BCUT2D eigenvalue weighted by Crippen LogP contribution is 2.26. The Hall–Kier alpha value is -1.71. The van der Waals surface area contributed by atoms with Crippen molar-refractivity contribution in [3.05, 3.63) is 24.3 Å². The smallest absolute Gasteiger partial charge is 0.410 e. The summed E-state index contributed by atoms with van der Waals surface area (Å²) in [4.78, 5) is 10.7. The van der Waals surface area contributed by atoms with Gasteiger partial charge in [0.15, 0.2) is 11.5 Å². The highest BCUT2D eigenvalue weighted by molar-refractivity contribution is 5.69. The molecular weight excluding hydrogens is 242 g/mol. The van der Waals surface area contributed by atoms with Gasteiger partial charge in [0.2, 0.25) is 0 Å². The summed E-state index contributed by atoms with van der Waals surface area (Å²) < 4.78 is 10.5. The number of carbonyl (C=O) groups excluding carboxylic acids is 1. The Kier molecular flexibility index (Phi) is 7.47. The van der Waals surface area contributed by atoms with Crippen LogP contribution < -0.4 is 15.2 Å². The van der Waals surface area contributed by atoms with Gasteiger partial charge in [-0.25, -0.2) is 4.79 Å². The van der Waals surface area contributed by atoms with Crippen LogP contribution in [0.3, 0.4) is 0 Å². The number of amides is 1. The largest absolute Gasteiger partial charge is 0.490 e. The summed E-state index contributed by atoms with van der Waals surface area (Å²) in [6, 6.07) is 7.05. The van der Waals surface area contributed by atoms with Gasteiger partial charge in [0.25, 0.3) is 0 Å². The number of para-hydroxylation sites is 2. The van der Waals surface area contributed by atoms with Gasteiger partial charge in [-0.15, -0.1) is 0 Å². The molecule has 0 aliphatic carbocycles. The molecule has 1 aromatic carbocycles. The molecule has 1 amide bonds. The molecule has 0 aromatic heterocycles. The summed E-state index contributed by atoms with van der Waals surface area (Å²) in [7, 11) is 0. The summed E-state index contributed by atoms with van der Waals surface area (Å²) in [6.45, 7) is 2.84. The summed E-state index contributed by atoms with van der Waals surface area (Å²) in [5.74, 6) is 0.941. The molecule has 2 N–H and O–H groups in total. The number of rotatable bonds is 9. The van der Waals surface area contributed by atoms with Crippen LogP contribution in [0.5, 0.6) is 11.5 Å². The molecule has 4 heteroatoms. The lowest BCUT2D eigenvalue weighted by Crippen LogP contribution is -2.16. The molecule has 0 spiro atoms. The quantitative estimate of drug-likeness (QED) is 0.689. The average molecular weight is 265 g/mol. The van der Waals surface area contributed by atoms with Gasteiger partial charge in [-0.1, -0.05) is 51.2 Å². The molecule has 0 unspecified atom stereocenters. The third-order valence-electron chi connectivity index (χ3n) is 2.82. The molecule has 19 heavy (non-hydrogen) atoms. The maximum absolute atomic E-state index is 10.7. The lowest BCUT2D eigenvalue weighted by molar-refractivity contribution is 0.206. The van der Waals surface area contributed by atoms with Gasteiger partial charge in [-0.2, -0.15) is 0 Å². The number of hydrogen-bond acceptors (Lipinski definition) is 3. The molecule has 0 heterocycles. The number of hydrogen-bond donors (Lipinski definition) is 1. The number of nitrogens with two attached hydrogens (primary N) is 1.